The van der Waals surface area contributed by atoms with Crippen molar-refractivity contribution in [2.45, 2.75) is 58.0 Å². The lowest BCUT2D eigenvalue weighted by molar-refractivity contribution is -0.525. The summed E-state index contributed by atoms with van der Waals surface area (Å²) in [5, 5.41) is 19.1. The molecule has 28 heavy (non-hydrogen) atoms. The van der Waals surface area contributed by atoms with Gasteiger partial charge in [-0.2, -0.15) is 8.42 Å². The molecule has 1 rings (SSSR count). The third-order valence-electron chi connectivity index (χ3n) is 4.70. The lowest BCUT2D eigenvalue weighted by Crippen LogP contribution is -2.40. The van der Waals surface area contributed by atoms with Crippen LogP contribution in [-0.4, -0.2) is 88.9 Å². The van der Waals surface area contributed by atoms with Gasteiger partial charge in [0.05, 0.1) is 6.61 Å². The Kier molecular flexibility index (Phi) is 11.5. The summed E-state index contributed by atoms with van der Waals surface area (Å²) in [6.45, 7) is 3.19. The van der Waals surface area contributed by atoms with E-state index >= 15 is 0 Å². The van der Waals surface area contributed by atoms with Crippen molar-refractivity contribution in [3.05, 3.63) is 12.2 Å². The minimum absolute atomic E-state index is 0.0479. The van der Waals surface area contributed by atoms with Crippen LogP contribution in [0.4, 0.5) is 0 Å². The minimum atomic E-state index is -4.28. The maximum absolute atomic E-state index is 12.7. The van der Waals surface area contributed by atoms with Crippen LogP contribution in [0.25, 0.3) is 0 Å². The fourth-order valence-corrected chi connectivity index (χ4v) is 4.02. The molecule has 0 bridgehead atoms. The predicted molar refractivity (Wildman–Crippen MR) is 108 cm³/mol. The zero-order chi connectivity index (χ0) is 21.0. The zero-order valence-electron chi connectivity index (χ0n) is 16.8. The fourth-order valence-electron chi connectivity index (χ4n) is 3.43. The second-order valence-electron chi connectivity index (χ2n) is 7.18. The van der Waals surface area contributed by atoms with Gasteiger partial charge in [0.25, 0.3) is 10.1 Å². The van der Waals surface area contributed by atoms with Crippen LogP contribution >= 0.6 is 0 Å². The molecule has 0 aromatic heterocycles. The van der Waals surface area contributed by atoms with Crippen LogP contribution in [0.5, 0.6) is 0 Å². The average Bonchev–Trinajstić information content (AvgIpc) is 2.98. The second kappa shape index (κ2) is 13.0. The maximum Gasteiger partial charge on any atom is 0.316 e. The van der Waals surface area contributed by atoms with Crippen LogP contribution in [0.1, 0.15) is 51.9 Å². The van der Waals surface area contributed by atoms with E-state index in [0.717, 1.165) is 38.5 Å². The van der Waals surface area contributed by atoms with Crippen molar-refractivity contribution in [2.75, 3.05) is 38.5 Å². The van der Waals surface area contributed by atoms with Crippen LogP contribution < -0.4 is 0 Å². The lowest BCUT2D eigenvalue weighted by Gasteiger charge is -2.13. The molecule has 0 fully saturated rings. The number of rotatable bonds is 15. The number of amidine groups is 1. The van der Waals surface area contributed by atoms with E-state index in [4.69, 9.17) is 4.55 Å². The van der Waals surface area contributed by atoms with Crippen molar-refractivity contribution < 1.29 is 32.6 Å². The topological polar surface area (TPSA) is 118 Å². The molecule has 162 valence electrons. The Morgan fingerprint density at radius 2 is 1.93 bits per heavy atom. The summed E-state index contributed by atoms with van der Waals surface area (Å²) in [4.78, 5) is 14.5. The number of β-amino-alcohol motifs (C(OH)–C–C–N with tert-alkyl or cyclic N) is 2. The monoisotopic (exact) mass is 419 g/mol. The molecule has 9 heteroatoms. The number of unbranched alkanes of at least 4 members (excludes halogenated alkanes) is 5. The molecule has 1 aliphatic heterocycles. The van der Waals surface area contributed by atoms with Crippen LogP contribution in [0, 0.1) is 0 Å². The molecule has 1 unspecified atom stereocenters. The summed E-state index contributed by atoms with van der Waals surface area (Å²) in [7, 11) is -4.28. The minimum Gasteiger partial charge on any atom is -0.392 e. The maximum atomic E-state index is 12.7. The van der Waals surface area contributed by atoms with Gasteiger partial charge >= 0.3 is 5.84 Å². The van der Waals surface area contributed by atoms with Gasteiger partial charge in [0, 0.05) is 6.42 Å². The Morgan fingerprint density at radius 3 is 2.57 bits per heavy atom. The number of nitrogens with zero attached hydrogens (tertiary/aromatic N) is 2. The molecule has 0 radical (unpaired) electrons. The van der Waals surface area contributed by atoms with Crippen LogP contribution in [-0.2, 0) is 14.9 Å². The van der Waals surface area contributed by atoms with Crippen LogP contribution in [0.3, 0.4) is 0 Å². The molecule has 0 spiro atoms. The van der Waals surface area contributed by atoms with Gasteiger partial charge in [0.2, 0.25) is 5.78 Å². The van der Waals surface area contributed by atoms with E-state index in [9.17, 15) is 23.4 Å². The molecule has 0 saturated heterocycles. The fraction of sp³-hybridized carbons (Fsp3) is 0.789. The van der Waals surface area contributed by atoms with Crippen molar-refractivity contribution in [1.29, 1.82) is 0 Å². The highest BCUT2D eigenvalue weighted by Crippen LogP contribution is 2.11. The molecule has 1 atom stereocenters. The van der Waals surface area contributed by atoms with Crippen LogP contribution in [0.15, 0.2) is 12.2 Å². The SMILES string of the molecule is C/C=C/CCCCCCCC(=O)C1=[N+](CC(O)CS(=O)(=O)O)CCN1CCO. The quantitative estimate of drug-likeness (QED) is 0.156. The standard InChI is InChI=1S/C19H34N2O6S/c1-2-3-4-5-6-7-8-9-10-18(24)19-20(13-14-22)11-12-21(19)15-17(23)16-28(25,26)27/h2-3,17,22-23H,4-16H2,1H3/p+1/b3-2+. The molecular formula is C19H35N2O6S+. The number of allylic oxidation sites excluding steroid dienone is 2. The molecule has 1 aliphatic rings. The highest BCUT2D eigenvalue weighted by molar-refractivity contribution is 7.85. The lowest BCUT2D eigenvalue weighted by atomic mass is 10.1. The van der Waals surface area contributed by atoms with Crippen molar-refractivity contribution in [3.8, 4) is 0 Å². The molecule has 0 amide bonds. The van der Waals surface area contributed by atoms with E-state index < -0.39 is 22.0 Å². The molecule has 1 heterocycles. The van der Waals surface area contributed by atoms with E-state index in [1.165, 1.54) is 0 Å². The molecule has 8 nitrogen and oxygen atoms in total. The summed E-state index contributed by atoms with van der Waals surface area (Å²) < 4.78 is 32.4. The Morgan fingerprint density at radius 1 is 1.25 bits per heavy atom. The number of hydrogen-bond acceptors (Lipinski definition) is 6. The van der Waals surface area contributed by atoms with Gasteiger partial charge in [0.1, 0.15) is 38.0 Å². The van der Waals surface area contributed by atoms with Gasteiger partial charge in [-0.25, -0.2) is 0 Å². The van der Waals surface area contributed by atoms with Gasteiger partial charge < -0.3 is 10.2 Å². The third-order valence-corrected chi connectivity index (χ3v) is 5.51. The first-order valence-electron chi connectivity index (χ1n) is 10.0. The summed E-state index contributed by atoms with van der Waals surface area (Å²) in [6.07, 6.45) is 9.51. The van der Waals surface area contributed by atoms with Crippen molar-refractivity contribution in [2.24, 2.45) is 0 Å². The summed E-state index contributed by atoms with van der Waals surface area (Å²) in [5.74, 6) is -0.395. The number of carbonyl (C=O) groups is 1. The Balaban J connectivity index is 2.58. The largest absolute Gasteiger partial charge is 0.392 e. The molecule has 0 saturated carbocycles. The number of carbonyl (C=O) groups excluding carboxylic acids is 1. The number of Topliss-reactive ketones (excluding diaryl/α,β-unsaturated/α-hetero) is 1. The molecule has 0 aromatic rings. The van der Waals surface area contributed by atoms with Crippen molar-refractivity contribution in [1.82, 2.24) is 4.90 Å². The van der Waals surface area contributed by atoms with Gasteiger partial charge in [-0.15, -0.1) is 0 Å². The third kappa shape index (κ3) is 9.77. The van der Waals surface area contributed by atoms with E-state index in [1.807, 2.05) is 13.0 Å². The van der Waals surface area contributed by atoms with Gasteiger partial charge in [0.15, 0.2) is 0 Å². The van der Waals surface area contributed by atoms with E-state index in [2.05, 4.69) is 6.08 Å². The predicted octanol–water partition coefficient (Wildman–Crippen LogP) is 0.830. The molecule has 0 aromatic carbocycles. The van der Waals surface area contributed by atoms with Gasteiger partial charge in [-0.1, -0.05) is 31.4 Å². The van der Waals surface area contributed by atoms with Crippen LogP contribution in [0.2, 0.25) is 0 Å². The van der Waals surface area contributed by atoms with Crippen molar-refractivity contribution in [3.63, 3.8) is 0 Å². The average molecular weight is 420 g/mol. The number of ketones is 1. The summed E-state index contributed by atoms with van der Waals surface area (Å²) in [6, 6.07) is 0. The Bertz CT molecular complexity index is 645. The number of aliphatic hydroxyl groups is 2. The second-order valence-corrected chi connectivity index (χ2v) is 8.68. The van der Waals surface area contributed by atoms with E-state index in [1.54, 1.807) is 9.48 Å². The van der Waals surface area contributed by atoms with E-state index in [0.29, 0.717) is 31.9 Å². The number of aliphatic hydroxyl groups excluding tert-OH is 2. The first kappa shape index (κ1) is 24.7. The molecular weight excluding hydrogens is 384 g/mol. The van der Waals surface area contributed by atoms with Crippen molar-refractivity contribution >= 4 is 21.7 Å². The Hall–Kier alpha value is -1.29. The molecule has 3 N–H and O–H groups in total. The first-order valence-corrected chi connectivity index (χ1v) is 11.6. The van der Waals surface area contributed by atoms with Gasteiger partial charge in [-0.05, 0) is 26.2 Å². The summed E-state index contributed by atoms with van der Waals surface area (Å²) in [5.41, 5.74) is 0. The first-order chi connectivity index (χ1) is 13.3. The highest BCUT2D eigenvalue weighted by atomic mass is 32.2. The summed E-state index contributed by atoms with van der Waals surface area (Å²) >= 11 is 0. The Labute approximate surface area is 168 Å². The highest BCUT2D eigenvalue weighted by Gasteiger charge is 2.36. The van der Waals surface area contributed by atoms with Gasteiger partial charge in [-0.3, -0.25) is 18.8 Å². The smallest absolute Gasteiger partial charge is 0.316 e. The number of hydrogen-bond donors (Lipinski definition) is 3. The van der Waals surface area contributed by atoms with E-state index in [-0.39, 0.29) is 18.9 Å². The molecule has 0 aliphatic carbocycles. The normalized spacial score (nSPS) is 16.4. The zero-order valence-corrected chi connectivity index (χ0v) is 17.6.